The molecule has 0 fully saturated rings. The monoisotopic (exact) mass is 423 g/mol. The Balaban J connectivity index is 1.61. The molecule has 8 heteroatoms. The van der Waals surface area contributed by atoms with Gasteiger partial charge in [-0.2, -0.15) is 0 Å². The Kier molecular flexibility index (Phi) is 7.03. The van der Waals surface area contributed by atoms with Crippen molar-refractivity contribution in [2.75, 3.05) is 25.3 Å². The van der Waals surface area contributed by atoms with Crippen LogP contribution in [0.2, 0.25) is 0 Å². The highest BCUT2D eigenvalue weighted by atomic mass is 32.2. The van der Waals surface area contributed by atoms with Gasteiger partial charge in [0.05, 0.1) is 25.7 Å². The van der Waals surface area contributed by atoms with Crippen molar-refractivity contribution in [1.29, 1.82) is 0 Å². The van der Waals surface area contributed by atoms with E-state index >= 15 is 0 Å². The molecule has 3 aromatic rings. The molecule has 154 valence electrons. The molecule has 30 heavy (non-hydrogen) atoms. The number of carbonyl (C=O) groups excluding carboxylic acids is 2. The van der Waals surface area contributed by atoms with Crippen LogP contribution in [0.15, 0.2) is 59.6 Å². The first-order valence-corrected chi connectivity index (χ1v) is 10.1. The highest BCUT2D eigenvalue weighted by molar-refractivity contribution is 7.99. The molecule has 1 amide bonds. The van der Waals surface area contributed by atoms with Crippen LogP contribution in [-0.4, -0.2) is 41.9 Å². The van der Waals surface area contributed by atoms with Crippen molar-refractivity contribution in [2.24, 2.45) is 0 Å². The number of hydrogen-bond acceptors (Lipinski definition) is 7. The summed E-state index contributed by atoms with van der Waals surface area (Å²) in [5, 5.41) is 11.9. The summed E-state index contributed by atoms with van der Waals surface area (Å²) in [5.41, 5.74) is 2.65. The van der Waals surface area contributed by atoms with E-state index < -0.39 is 0 Å². The highest BCUT2D eigenvalue weighted by Gasteiger charge is 2.11. The average molecular weight is 423 g/mol. The van der Waals surface area contributed by atoms with E-state index in [9.17, 15) is 9.59 Å². The topological polar surface area (TPSA) is 90.4 Å². The average Bonchev–Trinajstić information content (AvgIpc) is 2.78. The maximum absolute atomic E-state index is 12.2. The third kappa shape index (κ3) is 5.36. The quantitative estimate of drug-likeness (QED) is 0.431. The van der Waals surface area contributed by atoms with Gasteiger partial charge in [0.15, 0.2) is 5.78 Å². The Morgan fingerprint density at radius 3 is 2.33 bits per heavy atom. The number of amides is 1. The second kappa shape index (κ2) is 9.89. The van der Waals surface area contributed by atoms with Gasteiger partial charge in [0, 0.05) is 16.8 Å². The lowest BCUT2D eigenvalue weighted by Gasteiger charge is -2.10. The standard InChI is InChI=1S/C22H21N3O4S/c1-14(26)15-4-6-16(7-5-15)23-21(27)13-30-22-11-9-19(24-25-22)18-12-17(28-2)8-10-20(18)29-3/h4-12H,13H2,1-3H3,(H,23,27). The number of hydrogen-bond donors (Lipinski definition) is 1. The smallest absolute Gasteiger partial charge is 0.234 e. The minimum atomic E-state index is -0.170. The van der Waals surface area contributed by atoms with Crippen LogP contribution in [-0.2, 0) is 4.79 Å². The molecule has 7 nitrogen and oxygen atoms in total. The molecule has 0 atom stereocenters. The molecule has 1 heterocycles. The van der Waals surface area contributed by atoms with Crippen molar-refractivity contribution < 1.29 is 19.1 Å². The Bertz CT molecular complexity index is 1040. The van der Waals surface area contributed by atoms with Crippen LogP contribution >= 0.6 is 11.8 Å². The molecular formula is C22H21N3O4S. The number of nitrogens with zero attached hydrogens (tertiary/aromatic N) is 2. The first-order chi connectivity index (χ1) is 14.5. The molecule has 0 radical (unpaired) electrons. The molecule has 1 N–H and O–H groups in total. The SMILES string of the molecule is COc1ccc(OC)c(-c2ccc(SCC(=O)Nc3ccc(C(C)=O)cc3)nn2)c1. The van der Waals surface area contributed by atoms with Gasteiger partial charge in [-0.05, 0) is 61.5 Å². The normalized spacial score (nSPS) is 10.4. The van der Waals surface area contributed by atoms with E-state index in [1.165, 1.54) is 18.7 Å². The summed E-state index contributed by atoms with van der Waals surface area (Å²) in [7, 11) is 3.19. The largest absolute Gasteiger partial charge is 0.497 e. The number of rotatable bonds is 8. The van der Waals surface area contributed by atoms with Crippen LogP contribution in [0.5, 0.6) is 11.5 Å². The molecule has 0 unspecified atom stereocenters. The minimum Gasteiger partial charge on any atom is -0.497 e. The molecule has 0 spiro atoms. The molecular weight excluding hydrogens is 402 g/mol. The van der Waals surface area contributed by atoms with Crippen LogP contribution in [0.1, 0.15) is 17.3 Å². The number of carbonyl (C=O) groups is 2. The molecule has 0 aliphatic rings. The number of thioether (sulfide) groups is 1. The van der Waals surface area contributed by atoms with Gasteiger partial charge in [0.1, 0.15) is 16.5 Å². The van der Waals surface area contributed by atoms with Gasteiger partial charge >= 0.3 is 0 Å². The zero-order valence-corrected chi connectivity index (χ0v) is 17.7. The molecule has 0 aliphatic heterocycles. The van der Waals surface area contributed by atoms with Crippen molar-refractivity contribution in [2.45, 2.75) is 11.9 Å². The lowest BCUT2D eigenvalue weighted by molar-refractivity contribution is -0.113. The fraction of sp³-hybridized carbons (Fsp3) is 0.182. The van der Waals surface area contributed by atoms with Gasteiger partial charge in [-0.15, -0.1) is 10.2 Å². The zero-order valence-electron chi connectivity index (χ0n) is 16.8. The van der Waals surface area contributed by atoms with Crippen molar-refractivity contribution >= 4 is 29.1 Å². The lowest BCUT2D eigenvalue weighted by Crippen LogP contribution is -2.14. The number of anilines is 1. The molecule has 1 aromatic heterocycles. The molecule has 0 saturated heterocycles. The van der Waals surface area contributed by atoms with E-state index in [0.717, 1.165) is 5.56 Å². The molecule has 0 bridgehead atoms. The van der Waals surface area contributed by atoms with E-state index in [1.807, 2.05) is 24.3 Å². The summed E-state index contributed by atoms with van der Waals surface area (Å²) >= 11 is 1.28. The highest BCUT2D eigenvalue weighted by Crippen LogP contribution is 2.32. The zero-order chi connectivity index (χ0) is 21.5. The fourth-order valence-electron chi connectivity index (χ4n) is 2.68. The maximum atomic E-state index is 12.2. The number of nitrogens with one attached hydrogen (secondary N) is 1. The first kappa shape index (κ1) is 21.3. The summed E-state index contributed by atoms with van der Waals surface area (Å²) < 4.78 is 10.6. The van der Waals surface area contributed by atoms with Crippen LogP contribution in [0.25, 0.3) is 11.3 Å². The van der Waals surface area contributed by atoms with Crippen molar-refractivity contribution in [1.82, 2.24) is 10.2 Å². The number of Topliss-reactive ketones (excluding diaryl/α,β-unsaturated/α-hetero) is 1. The second-order valence-corrected chi connectivity index (χ2v) is 7.29. The minimum absolute atomic E-state index is 0.0166. The number of methoxy groups -OCH3 is 2. The van der Waals surface area contributed by atoms with Gasteiger partial charge in [0.25, 0.3) is 0 Å². The van der Waals surface area contributed by atoms with Gasteiger partial charge < -0.3 is 14.8 Å². The van der Waals surface area contributed by atoms with Crippen molar-refractivity contribution in [3.8, 4) is 22.8 Å². The fourth-order valence-corrected chi connectivity index (χ4v) is 3.29. The third-order valence-corrected chi connectivity index (χ3v) is 5.17. The van der Waals surface area contributed by atoms with E-state index in [2.05, 4.69) is 15.5 Å². The lowest BCUT2D eigenvalue weighted by atomic mass is 10.1. The molecule has 3 rings (SSSR count). The van der Waals surface area contributed by atoms with Crippen LogP contribution in [0.4, 0.5) is 5.69 Å². The third-order valence-electron chi connectivity index (χ3n) is 4.25. The molecule has 0 aliphatic carbocycles. The maximum Gasteiger partial charge on any atom is 0.234 e. The summed E-state index contributed by atoms with van der Waals surface area (Å²) in [5.74, 6) is 1.36. The van der Waals surface area contributed by atoms with Crippen LogP contribution in [0, 0.1) is 0 Å². The van der Waals surface area contributed by atoms with Gasteiger partial charge in [0.2, 0.25) is 5.91 Å². The van der Waals surface area contributed by atoms with Crippen LogP contribution < -0.4 is 14.8 Å². The predicted molar refractivity (Wildman–Crippen MR) is 116 cm³/mol. The summed E-state index contributed by atoms with van der Waals surface area (Å²) in [6.07, 6.45) is 0. The Morgan fingerprint density at radius 2 is 1.73 bits per heavy atom. The summed E-state index contributed by atoms with van der Waals surface area (Å²) in [6.45, 7) is 1.50. The van der Waals surface area contributed by atoms with E-state index in [-0.39, 0.29) is 17.4 Å². The van der Waals surface area contributed by atoms with Crippen molar-refractivity contribution in [3.63, 3.8) is 0 Å². The number of aromatic nitrogens is 2. The van der Waals surface area contributed by atoms with Gasteiger partial charge in [-0.1, -0.05) is 11.8 Å². The van der Waals surface area contributed by atoms with Crippen LogP contribution in [0.3, 0.4) is 0 Å². The Morgan fingerprint density at radius 1 is 0.967 bits per heavy atom. The van der Waals surface area contributed by atoms with Gasteiger partial charge in [-0.3, -0.25) is 9.59 Å². The first-order valence-electron chi connectivity index (χ1n) is 9.10. The number of ether oxygens (including phenoxy) is 2. The summed E-state index contributed by atoms with van der Waals surface area (Å²) in [4.78, 5) is 23.5. The number of ketones is 1. The predicted octanol–water partition coefficient (Wildman–Crippen LogP) is 4.09. The Hall–Kier alpha value is -3.39. The van der Waals surface area contributed by atoms with E-state index in [4.69, 9.17) is 9.47 Å². The van der Waals surface area contributed by atoms with Crippen molar-refractivity contribution in [3.05, 3.63) is 60.2 Å². The molecule has 2 aromatic carbocycles. The van der Waals surface area contributed by atoms with E-state index in [0.29, 0.717) is 33.5 Å². The van der Waals surface area contributed by atoms with E-state index in [1.54, 1.807) is 44.6 Å². The van der Waals surface area contributed by atoms with Gasteiger partial charge in [-0.25, -0.2) is 0 Å². The molecule has 0 saturated carbocycles. The summed E-state index contributed by atoms with van der Waals surface area (Å²) in [6, 6.07) is 15.9. The second-order valence-electron chi connectivity index (χ2n) is 6.29. The number of benzene rings is 2. The Labute approximate surface area is 178 Å².